The zero-order valence-corrected chi connectivity index (χ0v) is 15.2. The Bertz CT molecular complexity index is 676. The van der Waals surface area contributed by atoms with Crippen LogP contribution in [0, 0.1) is 11.8 Å². The van der Waals surface area contributed by atoms with Gasteiger partial charge >= 0.3 is 12.0 Å². The molecule has 0 heterocycles. The molecule has 1 aromatic rings. The quantitative estimate of drug-likeness (QED) is 0.686. The molecule has 2 atom stereocenters. The summed E-state index contributed by atoms with van der Waals surface area (Å²) >= 11 is 0. The van der Waals surface area contributed by atoms with Gasteiger partial charge in [-0.15, -0.1) is 0 Å². The molecule has 0 saturated heterocycles. The largest absolute Gasteiger partial charge is 0.490 e. The summed E-state index contributed by atoms with van der Waals surface area (Å²) in [5.41, 5.74) is 0.436. The summed E-state index contributed by atoms with van der Waals surface area (Å²) in [6.45, 7) is 6.08. The molecule has 0 spiro atoms. The van der Waals surface area contributed by atoms with Crippen molar-refractivity contribution in [2.24, 2.45) is 11.8 Å². The summed E-state index contributed by atoms with van der Waals surface area (Å²) in [7, 11) is 0. The second kappa shape index (κ2) is 9.07. The Morgan fingerprint density at radius 3 is 2.38 bits per heavy atom. The Kier molecular flexibility index (Phi) is 6.82. The van der Waals surface area contributed by atoms with E-state index in [0.29, 0.717) is 36.3 Å². The van der Waals surface area contributed by atoms with Crippen LogP contribution in [0.25, 0.3) is 0 Å². The molecule has 1 aromatic carbocycles. The fourth-order valence-electron chi connectivity index (χ4n) is 2.35. The van der Waals surface area contributed by atoms with Gasteiger partial charge in [0.15, 0.2) is 18.1 Å². The average molecular weight is 364 g/mol. The lowest BCUT2D eigenvalue weighted by atomic mass is 10.2. The monoisotopic (exact) mass is 364 g/mol. The Balaban J connectivity index is 1.83. The molecule has 0 bridgehead atoms. The molecule has 142 valence electrons. The summed E-state index contributed by atoms with van der Waals surface area (Å²) in [5, 5.41) is 4.63. The molecule has 0 aromatic heterocycles. The Morgan fingerprint density at radius 1 is 1.12 bits per heavy atom. The Morgan fingerprint density at radius 2 is 1.77 bits per heavy atom. The number of urea groups is 1. The van der Waals surface area contributed by atoms with Gasteiger partial charge < -0.3 is 19.5 Å². The van der Waals surface area contributed by atoms with Crippen LogP contribution in [0.2, 0.25) is 0 Å². The van der Waals surface area contributed by atoms with E-state index in [1.165, 1.54) is 0 Å². The lowest BCUT2D eigenvalue weighted by Crippen LogP contribution is -2.37. The molecule has 2 N–H and O–H groups in total. The topological polar surface area (TPSA) is 103 Å². The predicted molar refractivity (Wildman–Crippen MR) is 94.2 cm³/mol. The molecule has 1 aliphatic rings. The minimum atomic E-state index is -0.725. The third-order valence-electron chi connectivity index (χ3n) is 3.81. The maximum absolute atomic E-state index is 11.9. The van der Waals surface area contributed by atoms with Crippen LogP contribution in [0.5, 0.6) is 11.5 Å². The summed E-state index contributed by atoms with van der Waals surface area (Å²) in [6.07, 6.45) is 0.779. The highest BCUT2D eigenvalue weighted by molar-refractivity contribution is 6.02. The first-order chi connectivity index (χ1) is 12.4. The van der Waals surface area contributed by atoms with Crippen LogP contribution in [0.3, 0.4) is 0 Å². The summed E-state index contributed by atoms with van der Waals surface area (Å²) < 4.78 is 15.8. The highest BCUT2D eigenvalue weighted by Gasteiger charge is 2.40. The van der Waals surface area contributed by atoms with Crippen molar-refractivity contribution in [3.63, 3.8) is 0 Å². The van der Waals surface area contributed by atoms with E-state index in [1.54, 1.807) is 18.2 Å². The van der Waals surface area contributed by atoms with E-state index in [9.17, 15) is 14.4 Å². The number of esters is 1. The smallest absolute Gasteiger partial charge is 0.325 e. The Hall–Kier alpha value is -2.77. The maximum atomic E-state index is 11.9. The molecule has 1 saturated carbocycles. The summed E-state index contributed by atoms with van der Waals surface area (Å²) in [6, 6.07) is 4.18. The molecule has 0 aliphatic heterocycles. The van der Waals surface area contributed by atoms with E-state index < -0.39 is 24.5 Å². The van der Waals surface area contributed by atoms with Crippen LogP contribution in [0.15, 0.2) is 18.2 Å². The zero-order chi connectivity index (χ0) is 19.1. The van der Waals surface area contributed by atoms with E-state index >= 15 is 0 Å². The number of ether oxygens (including phenoxy) is 3. The first-order valence-electron chi connectivity index (χ1n) is 8.61. The molecule has 26 heavy (non-hydrogen) atoms. The van der Waals surface area contributed by atoms with Crippen LogP contribution in [-0.2, 0) is 14.3 Å². The van der Waals surface area contributed by atoms with Crippen molar-refractivity contribution in [1.82, 2.24) is 5.32 Å². The van der Waals surface area contributed by atoms with Crippen LogP contribution < -0.4 is 20.1 Å². The van der Waals surface area contributed by atoms with Gasteiger partial charge in [-0.3, -0.25) is 14.9 Å². The SMILES string of the molecule is CCOc1ccc(NC(=O)NC(=O)COC(=O)[C@H]2C[C@H]2C)cc1OCC. The van der Waals surface area contributed by atoms with Crippen molar-refractivity contribution in [1.29, 1.82) is 0 Å². The zero-order valence-electron chi connectivity index (χ0n) is 15.2. The lowest BCUT2D eigenvalue weighted by Gasteiger charge is -2.13. The fraction of sp³-hybridized carbons (Fsp3) is 0.500. The van der Waals surface area contributed by atoms with Crippen molar-refractivity contribution in [2.45, 2.75) is 27.2 Å². The van der Waals surface area contributed by atoms with Gasteiger partial charge in [-0.1, -0.05) is 6.92 Å². The molecule has 8 heteroatoms. The number of carbonyl (C=O) groups is 3. The van der Waals surface area contributed by atoms with Crippen molar-refractivity contribution in [3.8, 4) is 11.5 Å². The molecular weight excluding hydrogens is 340 g/mol. The third kappa shape index (κ3) is 5.65. The maximum Gasteiger partial charge on any atom is 0.325 e. The number of hydrogen-bond acceptors (Lipinski definition) is 6. The minimum Gasteiger partial charge on any atom is -0.490 e. The van der Waals surface area contributed by atoms with Gasteiger partial charge in [0.1, 0.15) is 0 Å². The highest BCUT2D eigenvalue weighted by Crippen LogP contribution is 2.38. The highest BCUT2D eigenvalue weighted by atomic mass is 16.5. The number of nitrogens with one attached hydrogen (secondary N) is 2. The second-order valence-corrected chi connectivity index (χ2v) is 5.96. The van der Waals surface area contributed by atoms with Gasteiger partial charge in [-0.05, 0) is 38.3 Å². The number of hydrogen-bond donors (Lipinski definition) is 2. The number of anilines is 1. The van der Waals surface area contributed by atoms with Gasteiger partial charge in [-0.25, -0.2) is 4.79 Å². The Labute approximate surface area is 152 Å². The minimum absolute atomic E-state index is 0.127. The van der Waals surface area contributed by atoms with Crippen LogP contribution in [0.4, 0.5) is 10.5 Å². The van der Waals surface area contributed by atoms with E-state index in [-0.39, 0.29) is 5.92 Å². The van der Waals surface area contributed by atoms with Crippen molar-refractivity contribution in [3.05, 3.63) is 18.2 Å². The number of carbonyl (C=O) groups excluding carboxylic acids is 3. The first-order valence-corrected chi connectivity index (χ1v) is 8.61. The molecule has 0 radical (unpaired) electrons. The van der Waals surface area contributed by atoms with Crippen molar-refractivity contribution in [2.75, 3.05) is 25.1 Å². The van der Waals surface area contributed by atoms with Crippen molar-refractivity contribution < 1.29 is 28.6 Å². The fourth-order valence-corrected chi connectivity index (χ4v) is 2.35. The molecular formula is C18H24N2O6. The van der Waals surface area contributed by atoms with Crippen molar-refractivity contribution >= 4 is 23.6 Å². The van der Waals surface area contributed by atoms with E-state index in [0.717, 1.165) is 6.42 Å². The molecule has 1 fully saturated rings. The lowest BCUT2D eigenvalue weighted by molar-refractivity contribution is -0.149. The summed E-state index contributed by atoms with van der Waals surface area (Å²) in [4.78, 5) is 35.1. The number of amides is 3. The van der Waals surface area contributed by atoms with E-state index in [1.807, 2.05) is 20.8 Å². The molecule has 3 amide bonds. The average Bonchev–Trinajstić information content (AvgIpc) is 3.32. The third-order valence-corrected chi connectivity index (χ3v) is 3.81. The van der Waals surface area contributed by atoms with Gasteiger partial charge in [0, 0.05) is 11.8 Å². The predicted octanol–water partition coefficient (Wildman–Crippen LogP) is 2.33. The normalized spacial score (nSPS) is 17.8. The number of benzene rings is 1. The molecule has 0 unspecified atom stereocenters. The van der Waals surface area contributed by atoms with Gasteiger partial charge in [0.2, 0.25) is 0 Å². The van der Waals surface area contributed by atoms with Gasteiger partial charge in [0.25, 0.3) is 5.91 Å². The standard InChI is InChI=1S/C18H24N2O6/c1-4-24-14-7-6-12(9-15(14)25-5-2)19-18(23)20-16(21)10-26-17(22)13-8-11(13)3/h6-7,9,11,13H,4-5,8,10H2,1-3H3,(H2,19,20,21,23)/t11-,13+/m1/s1. The number of rotatable bonds is 8. The van der Waals surface area contributed by atoms with Gasteiger partial charge in [0.05, 0.1) is 19.1 Å². The first kappa shape index (κ1) is 19.6. The second-order valence-electron chi connectivity index (χ2n) is 5.96. The van der Waals surface area contributed by atoms with Gasteiger partial charge in [-0.2, -0.15) is 0 Å². The van der Waals surface area contributed by atoms with E-state index in [2.05, 4.69) is 10.6 Å². The van der Waals surface area contributed by atoms with Crippen LogP contribution in [0.1, 0.15) is 27.2 Å². The number of imide groups is 1. The van der Waals surface area contributed by atoms with E-state index in [4.69, 9.17) is 14.2 Å². The van der Waals surface area contributed by atoms with Crippen LogP contribution >= 0.6 is 0 Å². The molecule has 2 rings (SSSR count). The molecule has 8 nitrogen and oxygen atoms in total. The molecule has 1 aliphatic carbocycles. The summed E-state index contributed by atoms with van der Waals surface area (Å²) in [5.74, 6) is 0.134. The van der Waals surface area contributed by atoms with Crippen LogP contribution in [-0.4, -0.2) is 37.7 Å².